The molecule has 0 bridgehead atoms. The van der Waals surface area contributed by atoms with Crippen LogP contribution in [-0.2, 0) is 0 Å². The molecule has 0 aliphatic heterocycles. The van der Waals surface area contributed by atoms with Crippen LogP contribution in [0.5, 0.6) is 5.88 Å². The van der Waals surface area contributed by atoms with Crippen molar-refractivity contribution in [1.29, 1.82) is 0 Å². The fourth-order valence-electron chi connectivity index (χ4n) is 3.32. The Morgan fingerprint density at radius 1 is 1.23 bits per heavy atom. The second-order valence-corrected chi connectivity index (χ2v) is 8.98. The molecule has 0 radical (unpaired) electrons. The number of nitrogens with zero attached hydrogens (tertiary/aromatic N) is 1. The predicted octanol–water partition coefficient (Wildman–Crippen LogP) is 3.42. The summed E-state index contributed by atoms with van der Waals surface area (Å²) >= 11 is 0. The molecule has 3 aliphatic carbocycles. The Hall–Kier alpha value is -1.62. The SMILES string of the molecule is CC(C)(O)[C@H](CC1CC1)NC(=O)c1ccc(C2CC2)c(OCC2CC2)n1. The predicted molar refractivity (Wildman–Crippen MR) is 99.3 cm³/mol. The molecule has 0 aromatic carbocycles. The highest BCUT2D eigenvalue weighted by Gasteiger charge is 2.35. The average Bonchev–Trinajstić information content (AvgIpc) is 3.46. The topological polar surface area (TPSA) is 71.5 Å². The van der Waals surface area contributed by atoms with Gasteiger partial charge in [0.15, 0.2) is 0 Å². The van der Waals surface area contributed by atoms with Gasteiger partial charge >= 0.3 is 0 Å². The molecule has 2 N–H and O–H groups in total. The van der Waals surface area contributed by atoms with Crippen LogP contribution in [0.25, 0.3) is 0 Å². The highest BCUT2D eigenvalue weighted by atomic mass is 16.5. The number of nitrogens with one attached hydrogen (secondary N) is 1. The van der Waals surface area contributed by atoms with Gasteiger partial charge in [0, 0.05) is 5.56 Å². The molecule has 3 aliphatic rings. The van der Waals surface area contributed by atoms with Crippen LogP contribution in [0.3, 0.4) is 0 Å². The van der Waals surface area contributed by atoms with Crippen LogP contribution in [0.1, 0.15) is 80.8 Å². The first-order valence-electron chi connectivity index (χ1n) is 10.1. The zero-order valence-electron chi connectivity index (χ0n) is 15.8. The first-order valence-corrected chi connectivity index (χ1v) is 10.1. The van der Waals surface area contributed by atoms with E-state index in [1.165, 1.54) is 38.5 Å². The van der Waals surface area contributed by atoms with E-state index in [0.29, 0.717) is 35.9 Å². The van der Waals surface area contributed by atoms with Crippen LogP contribution < -0.4 is 10.1 Å². The lowest BCUT2D eigenvalue weighted by molar-refractivity contribution is 0.0301. The number of aromatic nitrogens is 1. The third-order valence-corrected chi connectivity index (χ3v) is 5.72. The summed E-state index contributed by atoms with van der Waals surface area (Å²) < 4.78 is 5.96. The molecule has 0 spiro atoms. The second-order valence-electron chi connectivity index (χ2n) is 8.98. The molecular formula is C21H30N2O3. The first-order chi connectivity index (χ1) is 12.4. The monoisotopic (exact) mass is 358 g/mol. The molecule has 1 amide bonds. The number of ether oxygens (including phenoxy) is 1. The summed E-state index contributed by atoms with van der Waals surface area (Å²) in [6.45, 7) is 4.22. The van der Waals surface area contributed by atoms with Gasteiger partial charge in [-0.05, 0) is 69.8 Å². The number of aliphatic hydroxyl groups is 1. The van der Waals surface area contributed by atoms with E-state index in [0.717, 1.165) is 12.0 Å². The van der Waals surface area contributed by atoms with Gasteiger partial charge in [0.05, 0.1) is 18.2 Å². The number of amides is 1. The molecule has 1 aromatic rings. The zero-order chi connectivity index (χ0) is 18.3. The minimum atomic E-state index is -0.947. The largest absolute Gasteiger partial charge is 0.477 e. The Balaban J connectivity index is 1.47. The smallest absolute Gasteiger partial charge is 0.270 e. The number of rotatable bonds is 9. The summed E-state index contributed by atoms with van der Waals surface area (Å²) in [7, 11) is 0. The molecule has 1 atom stereocenters. The number of pyridine rings is 1. The van der Waals surface area contributed by atoms with Crippen LogP contribution in [0.2, 0.25) is 0 Å². The van der Waals surface area contributed by atoms with Gasteiger partial charge in [0.25, 0.3) is 5.91 Å². The van der Waals surface area contributed by atoms with Gasteiger partial charge in [0.2, 0.25) is 5.88 Å². The van der Waals surface area contributed by atoms with E-state index >= 15 is 0 Å². The van der Waals surface area contributed by atoms with Crippen LogP contribution in [-0.4, -0.2) is 34.2 Å². The summed E-state index contributed by atoms with van der Waals surface area (Å²) in [5, 5.41) is 13.4. The van der Waals surface area contributed by atoms with Crippen LogP contribution >= 0.6 is 0 Å². The molecule has 5 nitrogen and oxygen atoms in total. The van der Waals surface area contributed by atoms with E-state index in [4.69, 9.17) is 4.74 Å². The summed E-state index contributed by atoms with van der Waals surface area (Å²) in [6.07, 6.45) is 8.01. The van der Waals surface area contributed by atoms with Crippen LogP contribution in [0.4, 0.5) is 0 Å². The van der Waals surface area contributed by atoms with Crippen molar-refractivity contribution in [2.24, 2.45) is 11.8 Å². The number of carbonyl (C=O) groups excluding carboxylic acids is 1. The highest BCUT2D eigenvalue weighted by Crippen LogP contribution is 2.44. The molecular weight excluding hydrogens is 328 g/mol. The molecule has 1 heterocycles. The average molecular weight is 358 g/mol. The Morgan fingerprint density at radius 2 is 1.92 bits per heavy atom. The molecule has 3 fully saturated rings. The van der Waals surface area contributed by atoms with Crippen molar-refractivity contribution in [2.45, 2.75) is 76.4 Å². The lowest BCUT2D eigenvalue weighted by Gasteiger charge is -2.30. The summed E-state index contributed by atoms with van der Waals surface area (Å²) in [6, 6.07) is 3.54. The van der Waals surface area contributed by atoms with E-state index in [9.17, 15) is 9.90 Å². The Labute approximate surface area is 155 Å². The zero-order valence-corrected chi connectivity index (χ0v) is 15.8. The molecule has 3 saturated carbocycles. The summed E-state index contributed by atoms with van der Waals surface area (Å²) in [5.74, 6) is 2.21. The van der Waals surface area contributed by atoms with Gasteiger partial charge in [-0.15, -0.1) is 0 Å². The third-order valence-electron chi connectivity index (χ3n) is 5.72. The fraction of sp³-hybridized carbons (Fsp3) is 0.714. The van der Waals surface area contributed by atoms with E-state index in [1.54, 1.807) is 19.9 Å². The van der Waals surface area contributed by atoms with E-state index in [1.807, 2.05) is 6.07 Å². The second kappa shape index (κ2) is 6.84. The maximum atomic E-state index is 12.8. The summed E-state index contributed by atoms with van der Waals surface area (Å²) in [5.41, 5.74) is 0.571. The Morgan fingerprint density at radius 3 is 2.50 bits per heavy atom. The molecule has 0 unspecified atom stereocenters. The fourth-order valence-corrected chi connectivity index (χ4v) is 3.32. The van der Waals surface area contributed by atoms with Gasteiger partial charge in [-0.2, -0.15) is 0 Å². The Bertz CT molecular complexity index is 670. The molecule has 0 saturated heterocycles. The van der Waals surface area contributed by atoms with E-state index in [-0.39, 0.29) is 11.9 Å². The van der Waals surface area contributed by atoms with Crippen molar-refractivity contribution in [2.75, 3.05) is 6.61 Å². The van der Waals surface area contributed by atoms with Crippen molar-refractivity contribution >= 4 is 5.91 Å². The van der Waals surface area contributed by atoms with Crippen molar-refractivity contribution in [3.05, 3.63) is 23.4 Å². The minimum absolute atomic E-state index is 0.226. The quantitative estimate of drug-likeness (QED) is 0.709. The highest BCUT2D eigenvalue weighted by molar-refractivity contribution is 5.92. The summed E-state index contributed by atoms with van der Waals surface area (Å²) in [4.78, 5) is 17.3. The van der Waals surface area contributed by atoms with Gasteiger partial charge in [-0.1, -0.05) is 18.9 Å². The van der Waals surface area contributed by atoms with E-state index in [2.05, 4.69) is 10.3 Å². The molecule has 1 aromatic heterocycles. The lowest BCUT2D eigenvalue weighted by atomic mass is 9.93. The van der Waals surface area contributed by atoms with Crippen molar-refractivity contribution in [1.82, 2.24) is 10.3 Å². The van der Waals surface area contributed by atoms with Gasteiger partial charge in [0.1, 0.15) is 5.69 Å². The van der Waals surface area contributed by atoms with Crippen LogP contribution in [0, 0.1) is 11.8 Å². The number of hydrogen-bond donors (Lipinski definition) is 2. The molecule has 26 heavy (non-hydrogen) atoms. The van der Waals surface area contributed by atoms with Crippen LogP contribution in [0.15, 0.2) is 12.1 Å². The minimum Gasteiger partial charge on any atom is -0.477 e. The molecule has 142 valence electrons. The Kier molecular flexibility index (Phi) is 4.68. The number of hydrogen-bond acceptors (Lipinski definition) is 4. The van der Waals surface area contributed by atoms with Crippen molar-refractivity contribution in [3.63, 3.8) is 0 Å². The molecule has 5 heteroatoms. The molecule has 4 rings (SSSR count). The standard InChI is InChI=1S/C21H30N2O3/c1-21(2,25)18(11-13-3-4-13)23-19(24)17-10-9-16(15-7-8-15)20(22-17)26-12-14-5-6-14/h9-10,13-15,18,25H,3-8,11-12H2,1-2H3,(H,23,24)/t18-/m0/s1. The van der Waals surface area contributed by atoms with E-state index < -0.39 is 5.60 Å². The normalized spacial score (nSPS) is 21.3. The van der Waals surface area contributed by atoms with Gasteiger partial charge < -0.3 is 15.2 Å². The van der Waals surface area contributed by atoms with Gasteiger partial charge in [-0.25, -0.2) is 4.98 Å². The lowest BCUT2D eigenvalue weighted by Crippen LogP contribution is -2.49. The number of carbonyl (C=O) groups is 1. The maximum Gasteiger partial charge on any atom is 0.270 e. The first kappa shape index (κ1) is 17.8. The van der Waals surface area contributed by atoms with Crippen molar-refractivity contribution in [3.8, 4) is 5.88 Å². The third kappa shape index (κ3) is 4.56. The van der Waals surface area contributed by atoms with Gasteiger partial charge in [-0.3, -0.25) is 4.79 Å². The maximum absolute atomic E-state index is 12.8. The van der Waals surface area contributed by atoms with Crippen molar-refractivity contribution < 1.29 is 14.6 Å².